The van der Waals surface area contributed by atoms with E-state index in [4.69, 9.17) is 13.9 Å². The molecule has 0 saturated carbocycles. The minimum Gasteiger partial charge on any atom is -0.497 e. The van der Waals surface area contributed by atoms with E-state index >= 15 is 0 Å². The van der Waals surface area contributed by atoms with Gasteiger partial charge in [0, 0.05) is 25.2 Å². The van der Waals surface area contributed by atoms with Crippen molar-refractivity contribution in [2.24, 2.45) is 0 Å². The molecular formula is C23H26FNO4. The van der Waals surface area contributed by atoms with Crippen molar-refractivity contribution in [2.45, 2.75) is 25.8 Å². The molecule has 0 aliphatic rings. The Bertz CT molecular complexity index is 852. The normalized spacial score (nSPS) is 12.3. The van der Waals surface area contributed by atoms with Crippen molar-refractivity contribution in [1.29, 1.82) is 0 Å². The highest BCUT2D eigenvalue weighted by Gasteiger charge is 2.15. The van der Waals surface area contributed by atoms with Crippen molar-refractivity contribution in [1.82, 2.24) is 4.90 Å². The maximum Gasteiger partial charge on any atom is 0.129 e. The summed E-state index contributed by atoms with van der Waals surface area (Å²) in [6.07, 6.45) is 0.870. The van der Waals surface area contributed by atoms with Gasteiger partial charge in [-0.2, -0.15) is 0 Å². The first kappa shape index (κ1) is 21.0. The maximum absolute atomic E-state index is 14.1. The number of benzene rings is 2. The summed E-state index contributed by atoms with van der Waals surface area (Å²) < 4.78 is 30.1. The number of aliphatic hydroxyl groups excluding tert-OH is 1. The Morgan fingerprint density at radius 3 is 2.52 bits per heavy atom. The molecule has 2 aromatic carbocycles. The van der Waals surface area contributed by atoms with Gasteiger partial charge >= 0.3 is 0 Å². The third kappa shape index (κ3) is 6.71. The summed E-state index contributed by atoms with van der Waals surface area (Å²) in [6, 6.07) is 18.0. The molecule has 154 valence electrons. The lowest BCUT2D eigenvalue weighted by Gasteiger charge is -2.25. The summed E-state index contributed by atoms with van der Waals surface area (Å²) in [5.41, 5.74) is 1.63. The SMILES string of the molecule is COc1ccc(CN(Cc2ccccc2F)C[C@H](O)COCc2ccco2)cc1. The molecule has 5 nitrogen and oxygen atoms in total. The zero-order chi connectivity index (χ0) is 20.5. The Morgan fingerprint density at radius 1 is 1.03 bits per heavy atom. The van der Waals surface area contributed by atoms with Gasteiger partial charge in [0.25, 0.3) is 0 Å². The third-order valence-electron chi connectivity index (χ3n) is 4.52. The van der Waals surface area contributed by atoms with Crippen LogP contribution in [0.4, 0.5) is 4.39 Å². The van der Waals surface area contributed by atoms with Gasteiger partial charge in [-0.3, -0.25) is 4.90 Å². The lowest BCUT2D eigenvalue weighted by molar-refractivity contribution is 0.00238. The Balaban J connectivity index is 1.61. The number of hydrogen-bond acceptors (Lipinski definition) is 5. The molecule has 6 heteroatoms. The molecule has 1 heterocycles. The van der Waals surface area contributed by atoms with Crippen LogP contribution in [-0.2, 0) is 24.4 Å². The average molecular weight is 399 g/mol. The first-order valence-corrected chi connectivity index (χ1v) is 9.51. The molecule has 1 aromatic heterocycles. The van der Waals surface area contributed by atoms with Crippen LogP contribution in [0.2, 0.25) is 0 Å². The van der Waals surface area contributed by atoms with Gasteiger partial charge in [-0.25, -0.2) is 4.39 Å². The Kier molecular flexibility index (Phi) is 7.81. The highest BCUT2D eigenvalue weighted by atomic mass is 19.1. The standard InChI is InChI=1S/C23H26FNO4/c1-27-21-10-8-18(9-11-21)13-25(14-19-5-2-3-7-23(19)24)15-20(26)16-28-17-22-6-4-12-29-22/h2-12,20,26H,13-17H2,1H3/t20-/m0/s1. The van der Waals surface area contributed by atoms with Crippen molar-refractivity contribution in [3.05, 3.63) is 89.6 Å². The largest absolute Gasteiger partial charge is 0.497 e. The lowest BCUT2D eigenvalue weighted by atomic mass is 10.1. The van der Waals surface area contributed by atoms with Crippen molar-refractivity contribution in [3.8, 4) is 5.75 Å². The van der Waals surface area contributed by atoms with Gasteiger partial charge in [0.2, 0.25) is 0 Å². The molecule has 0 unspecified atom stereocenters. The van der Waals surface area contributed by atoms with E-state index in [1.807, 2.05) is 41.3 Å². The number of aliphatic hydroxyl groups is 1. The van der Waals surface area contributed by atoms with E-state index in [-0.39, 0.29) is 12.4 Å². The highest BCUT2D eigenvalue weighted by molar-refractivity contribution is 5.27. The van der Waals surface area contributed by atoms with Crippen LogP contribution in [0.5, 0.6) is 5.75 Å². The zero-order valence-electron chi connectivity index (χ0n) is 16.5. The van der Waals surface area contributed by atoms with Crippen molar-refractivity contribution in [2.75, 3.05) is 20.3 Å². The molecule has 0 amide bonds. The first-order chi connectivity index (χ1) is 14.1. The number of hydrogen-bond donors (Lipinski definition) is 1. The minimum atomic E-state index is -0.713. The topological polar surface area (TPSA) is 55.1 Å². The predicted octanol–water partition coefficient (Wildman–Crippen LogP) is 4.01. The van der Waals surface area contributed by atoms with E-state index in [1.165, 1.54) is 6.07 Å². The van der Waals surface area contributed by atoms with Crippen LogP contribution in [0.3, 0.4) is 0 Å². The van der Waals surface area contributed by atoms with E-state index in [1.54, 1.807) is 31.6 Å². The van der Waals surface area contributed by atoms with E-state index in [2.05, 4.69) is 0 Å². The van der Waals surface area contributed by atoms with Crippen LogP contribution in [0.25, 0.3) is 0 Å². The number of halogens is 1. The van der Waals surface area contributed by atoms with Gasteiger partial charge < -0.3 is 19.0 Å². The van der Waals surface area contributed by atoms with Gasteiger partial charge in [-0.15, -0.1) is 0 Å². The quantitative estimate of drug-likeness (QED) is 0.528. The molecule has 3 rings (SSSR count). The molecule has 0 bridgehead atoms. The van der Waals surface area contributed by atoms with E-state index in [9.17, 15) is 9.50 Å². The van der Waals surface area contributed by atoms with E-state index in [0.29, 0.717) is 37.6 Å². The van der Waals surface area contributed by atoms with Crippen molar-refractivity contribution >= 4 is 0 Å². The molecule has 29 heavy (non-hydrogen) atoms. The fourth-order valence-corrected chi connectivity index (χ4v) is 3.08. The van der Waals surface area contributed by atoms with Crippen molar-refractivity contribution in [3.63, 3.8) is 0 Å². The summed E-state index contributed by atoms with van der Waals surface area (Å²) in [4.78, 5) is 2.00. The summed E-state index contributed by atoms with van der Waals surface area (Å²) in [5, 5.41) is 10.4. The fraction of sp³-hybridized carbons (Fsp3) is 0.304. The third-order valence-corrected chi connectivity index (χ3v) is 4.52. The average Bonchev–Trinajstić information content (AvgIpc) is 3.24. The van der Waals surface area contributed by atoms with Gasteiger partial charge in [0.1, 0.15) is 23.9 Å². The summed E-state index contributed by atoms with van der Waals surface area (Å²) in [7, 11) is 1.62. The van der Waals surface area contributed by atoms with Crippen LogP contribution in [-0.4, -0.2) is 36.4 Å². The molecule has 1 atom stereocenters. The van der Waals surface area contributed by atoms with Gasteiger partial charge in [0.15, 0.2) is 0 Å². The maximum atomic E-state index is 14.1. The highest BCUT2D eigenvalue weighted by Crippen LogP contribution is 2.16. The monoisotopic (exact) mass is 399 g/mol. The summed E-state index contributed by atoms with van der Waals surface area (Å²) in [5.74, 6) is 1.23. The molecule has 0 saturated heterocycles. The molecule has 0 radical (unpaired) electrons. The molecule has 0 fully saturated rings. The lowest BCUT2D eigenvalue weighted by Crippen LogP contribution is -2.34. The van der Waals surface area contributed by atoms with E-state index in [0.717, 1.165) is 11.3 Å². The first-order valence-electron chi connectivity index (χ1n) is 9.51. The fourth-order valence-electron chi connectivity index (χ4n) is 3.08. The Labute approximate surface area is 170 Å². The summed E-state index contributed by atoms with van der Waals surface area (Å²) in [6.45, 7) is 1.76. The second-order valence-corrected chi connectivity index (χ2v) is 6.86. The van der Waals surface area contributed by atoms with Crippen LogP contribution >= 0.6 is 0 Å². The van der Waals surface area contributed by atoms with Crippen LogP contribution < -0.4 is 4.74 Å². The second kappa shape index (κ2) is 10.8. The smallest absolute Gasteiger partial charge is 0.129 e. The number of methoxy groups -OCH3 is 1. The second-order valence-electron chi connectivity index (χ2n) is 6.86. The Hall–Kier alpha value is -2.67. The molecule has 3 aromatic rings. The summed E-state index contributed by atoms with van der Waals surface area (Å²) >= 11 is 0. The molecule has 0 aliphatic heterocycles. The van der Waals surface area contributed by atoms with Crippen LogP contribution in [0.1, 0.15) is 16.9 Å². The number of nitrogens with zero attached hydrogens (tertiary/aromatic N) is 1. The molecular weight excluding hydrogens is 373 g/mol. The van der Waals surface area contributed by atoms with Gasteiger partial charge in [0.05, 0.1) is 26.1 Å². The number of furan rings is 1. The molecule has 1 N–H and O–H groups in total. The van der Waals surface area contributed by atoms with Crippen molar-refractivity contribution < 1.29 is 23.4 Å². The van der Waals surface area contributed by atoms with Gasteiger partial charge in [-0.05, 0) is 35.9 Å². The zero-order valence-corrected chi connectivity index (χ0v) is 16.5. The Morgan fingerprint density at radius 2 is 1.83 bits per heavy atom. The number of ether oxygens (including phenoxy) is 2. The van der Waals surface area contributed by atoms with Crippen LogP contribution in [0, 0.1) is 5.82 Å². The number of rotatable bonds is 11. The van der Waals surface area contributed by atoms with E-state index < -0.39 is 6.10 Å². The molecule has 0 aliphatic carbocycles. The predicted molar refractivity (Wildman–Crippen MR) is 108 cm³/mol. The van der Waals surface area contributed by atoms with Gasteiger partial charge in [-0.1, -0.05) is 30.3 Å². The minimum absolute atomic E-state index is 0.164. The molecule has 0 spiro atoms. The van der Waals surface area contributed by atoms with Crippen LogP contribution in [0.15, 0.2) is 71.3 Å².